The molecule has 0 aromatic heterocycles. The van der Waals surface area contributed by atoms with Gasteiger partial charge in [-0.15, -0.1) is 0 Å². The van der Waals surface area contributed by atoms with Crippen molar-refractivity contribution in [2.45, 2.75) is 31.6 Å². The summed E-state index contributed by atoms with van der Waals surface area (Å²) in [7, 11) is -3.43. The summed E-state index contributed by atoms with van der Waals surface area (Å²) in [4.78, 5) is 23.7. The summed E-state index contributed by atoms with van der Waals surface area (Å²) >= 11 is 0. The van der Waals surface area contributed by atoms with E-state index < -0.39 is 27.6 Å². The zero-order chi connectivity index (χ0) is 19.6. The molecule has 2 aromatic rings. The molecule has 0 bridgehead atoms. The van der Waals surface area contributed by atoms with Crippen LogP contribution in [0.4, 0.5) is 5.69 Å². The predicted octanol–water partition coefficient (Wildman–Crippen LogP) is 3.15. The lowest BCUT2D eigenvalue weighted by Gasteiger charge is -2.13. The summed E-state index contributed by atoms with van der Waals surface area (Å²) in [5, 5.41) is 11.7. The van der Waals surface area contributed by atoms with Crippen molar-refractivity contribution in [3.05, 3.63) is 58.7 Å². The summed E-state index contributed by atoms with van der Waals surface area (Å²) in [5.41, 5.74) is 2.82. The average molecular weight is 375 g/mol. The van der Waals surface area contributed by atoms with Gasteiger partial charge in [0.05, 0.1) is 10.8 Å². The van der Waals surface area contributed by atoms with Gasteiger partial charge in [-0.25, -0.2) is 8.42 Å². The molecule has 1 unspecified atom stereocenters. The zero-order valence-corrected chi connectivity index (χ0v) is 15.8. The van der Waals surface area contributed by atoms with Crippen molar-refractivity contribution in [1.82, 2.24) is 0 Å². The third-order valence-corrected chi connectivity index (χ3v) is 5.44. The van der Waals surface area contributed by atoms with Gasteiger partial charge in [-0.3, -0.25) is 9.59 Å². The van der Waals surface area contributed by atoms with Crippen LogP contribution in [-0.2, 0) is 14.6 Å². The standard InChI is InChI=1S/C19H21NO5S/c1-11-9-16(26(4,24)25)10-17(12(11)2)18(21)20-15-7-5-14(6-8-15)13(3)19(22)23/h5-10,13H,1-4H3,(H,20,21)(H,22,23). The quantitative estimate of drug-likeness (QED) is 0.836. The molecule has 26 heavy (non-hydrogen) atoms. The number of nitrogens with one attached hydrogen (secondary N) is 1. The summed E-state index contributed by atoms with van der Waals surface area (Å²) < 4.78 is 23.6. The molecule has 7 heteroatoms. The Bertz CT molecular complexity index is 962. The number of aliphatic carboxylic acids is 1. The molecule has 2 aromatic carbocycles. The first kappa shape index (κ1) is 19.7. The van der Waals surface area contributed by atoms with Crippen LogP contribution >= 0.6 is 0 Å². The molecule has 0 heterocycles. The molecule has 0 saturated heterocycles. The molecular weight excluding hydrogens is 354 g/mol. The van der Waals surface area contributed by atoms with Crippen LogP contribution in [0.5, 0.6) is 0 Å². The van der Waals surface area contributed by atoms with Crippen LogP contribution in [0.25, 0.3) is 0 Å². The summed E-state index contributed by atoms with van der Waals surface area (Å²) in [6.07, 6.45) is 1.10. The smallest absolute Gasteiger partial charge is 0.310 e. The number of carbonyl (C=O) groups is 2. The number of carboxylic acids is 1. The minimum absolute atomic E-state index is 0.0939. The Morgan fingerprint density at radius 1 is 1.08 bits per heavy atom. The Morgan fingerprint density at radius 2 is 1.65 bits per heavy atom. The van der Waals surface area contributed by atoms with Crippen molar-refractivity contribution < 1.29 is 23.1 Å². The van der Waals surface area contributed by atoms with E-state index in [-0.39, 0.29) is 10.5 Å². The van der Waals surface area contributed by atoms with E-state index in [9.17, 15) is 18.0 Å². The van der Waals surface area contributed by atoms with Crippen molar-refractivity contribution in [1.29, 1.82) is 0 Å². The third kappa shape index (κ3) is 4.29. The van der Waals surface area contributed by atoms with Gasteiger partial charge in [0.2, 0.25) is 0 Å². The third-order valence-electron chi connectivity index (χ3n) is 4.35. The van der Waals surface area contributed by atoms with Gasteiger partial charge in [-0.2, -0.15) is 0 Å². The van der Waals surface area contributed by atoms with E-state index in [1.165, 1.54) is 6.07 Å². The molecule has 138 valence electrons. The number of hydrogen-bond acceptors (Lipinski definition) is 4. The van der Waals surface area contributed by atoms with Crippen molar-refractivity contribution in [2.75, 3.05) is 11.6 Å². The number of aryl methyl sites for hydroxylation is 1. The van der Waals surface area contributed by atoms with E-state index in [4.69, 9.17) is 5.11 Å². The first-order valence-electron chi connectivity index (χ1n) is 7.96. The zero-order valence-electron chi connectivity index (χ0n) is 15.0. The second kappa shape index (κ2) is 7.29. The van der Waals surface area contributed by atoms with Gasteiger partial charge in [0.15, 0.2) is 9.84 Å². The molecule has 0 radical (unpaired) electrons. The van der Waals surface area contributed by atoms with Crippen LogP contribution in [0, 0.1) is 13.8 Å². The molecule has 6 nitrogen and oxygen atoms in total. The molecule has 0 aliphatic carbocycles. The molecule has 0 aliphatic rings. The van der Waals surface area contributed by atoms with Gasteiger partial charge >= 0.3 is 5.97 Å². The predicted molar refractivity (Wildman–Crippen MR) is 99.5 cm³/mol. The minimum atomic E-state index is -3.43. The van der Waals surface area contributed by atoms with Crippen LogP contribution in [0.15, 0.2) is 41.3 Å². The Hall–Kier alpha value is -2.67. The van der Waals surface area contributed by atoms with Crippen molar-refractivity contribution in [3.63, 3.8) is 0 Å². The summed E-state index contributed by atoms with van der Waals surface area (Å²) in [5.74, 6) is -1.99. The molecular formula is C19H21NO5S. The molecule has 1 atom stereocenters. The van der Waals surface area contributed by atoms with Crippen LogP contribution in [0.2, 0.25) is 0 Å². The van der Waals surface area contributed by atoms with Gasteiger partial charge in [0.1, 0.15) is 0 Å². The van der Waals surface area contributed by atoms with Crippen LogP contribution < -0.4 is 5.32 Å². The maximum Gasteiger partial charge on any atom is 0.310 e. The molecule has 2 N–H and O–H groups in total. The lowest BCUT2D eigenvalue weighted by Crippen LogP contribution is -2.15. The van der Waals surface area contributed by atoms with Crippen LogP contribution in [0.3, 0.4) is 0 Å². The SMILES string of the molecule is Cc1cc(S(C)(=O)=O)cc(C(=O)Nc2ccc(C(C)C(=O)O)cc2)c1C. The van der Waals surface area contributed by atoms with E-state index in [0.717, 1.165) is 6.26 Å². The summed E-state index contributed by atoms with van der Waals surface area (Å²) in [6, 6.07) is 9.43. The Kier molecular flexibility index (Phi) is 5.51. The molecule has 1 amide bonds. The Labute approximate surface area is 152 Å². The van der Waals surface area contributed by atoms with Crippen molar-refractivity contribution in [3.8, 4) is 0 Å². The highest BCUT2D eigenvalue weighted by Crippen LogP contribution is 2.22. The highest BCUT2D eigenvalue weighted by molar-refractivity contribution is 7.90. The summed E-state index contributed by atoms with van der Waals surface area (Å²) in [6.45, 7) is 5.09. The lowest BCUT2D eigenvalue weighted by atomic mass is 10.0. The Morgan fingerprint density at radius 3 is 2.15 bits per heavy atom. The lowest BCUT2D eigenvalue weighted by molar-refractivity contribution is -0.138. The van der Waals surface area contributed by atoms with Gasteiger partial charge in [0.25, 0.3) is 5.91 Å². The maximum absolute atomic E-state index is 12.6. The Balaban J connectivity index is 2.30. The number of carbonyl (C=O) groups excluding carboxylic acids is 1. The fourth-order valence-electron chi connectivity index (χ4n) is 2.47. The number of benzene rings is 2. The van der Waals surface area contributed by atoms with Crippen LogP contribution in [0.1, 0.15) is 39.9 Å². The second-order valence-electron chi connectivity index (χ2n) is 6.32. The normalized spacial score (nSPS) is 12.5. The van der Waals surface area contributed by atoms with Gasteiger partial charge in [0, 0.05) is 17.5 Å². The van der Waals surface area contributed by atoms with E-state index >= 15 is 0 Å². The molecule has 0 fully saturated rings. The number of rotatable bonds is 5. The van der Waals surface area contributed by atoms with E-state index in [1.807, 2.05) is 0 Å². The van der Waals surface area contributed by atoms with Gasteiger partial charge < -0.3 is 10.4 Å². The highest BCUT2D eigenvalue weighted by atomic mass is 32.2. The second-order valence-corrected chi connectivity index (χ2v) is 8.34. The molecule has 2 rings (SSSR count). The van der Waals surface area contributed by atoms with Crippen molar-refractivity contribution in [2.24, 2.45) is 0 Å². The number of anilines is 1. The number of amides is 1. The molecule has 0 aliphatic heterocycles. The fraction of sp³-hybridized carbons (Fsp3) is 0.263. The molecule has 0 spiro atoms. The fourth-order valence-corrected chi connectivity index (χ4v) is 3.20. The van der Waals surface area contributed by atoms with Gasteiger partial charge in [-0.1, -0.05) is 12.1 Å². The highest BCUT2D eigenvalue weighted by Gasteiger charge is 2.17. The minimum Gasteiger partial charge on any atom is -0.481 e. The monoisotopic (exact) mass is 375 g/mol. The topological polar surface area (TPSA) is 101 Å². The average Bonchev–Trinajstić information content (AvgIpc) is 2.56. The van der Waals surface area contributed by atoms with E-state index in [1.54, 1.807) is 51.1 Å². The first-order chi connectivity index (χ1) is 12.0. The first-order valence-corrected chi connectivity index (χ1v) is 9.85. The number of carboxylic acid groups (broad SMARTS) is 1. The largest absolute Gasteiger partial charge is 0.481 e. The maximum atomic E-state index is 12.6. The van der Waals surface area contributed by atoms with E-state index in [2.05, 4.69) is 5.32 Å². The number of hydrogen-bond donors (Lipinski definition) is 2. The van der Waals surface area contributed by atoms with E-state index in [0.29, 0.717) is 22.4 Å². The van der Waals surface area contributed by atoms with Gasteiger partial charge in [-0.05, 0) is 61.7 Å². The number of sulfone groups is 1. The van der Waals surface area contributed by atoms with Crippen molar-refractivity contribution >= 4 is 27.4 Å². The molecule has 0 saturated carbocycles. The van der Waals surface area contributed by atoms with Crippen LogP contribution in [-0.4, -0.2) is 31.7 Å².